The van der Waals surface area contributed by atoms with Gasteiger partial charge in [-0.05, 0) is 55.0 Å². The van der Waals surface area contributed by atoms with Gasteiger partial charge in [0.1, 0.15) is 6.04 Å². The van der Waals surface area contributed by atoms with E-state index in [1.54, 1.807) is 19.3 Å². The van der Waals surface area contributed by atoms with E-state index in [2.05, 4.69) is 69.8 Å². The Morgan fingerprint density at radius 3 is 2.31 bits per heavy atom. The number of nitrogens with zero attached hydrogens (tertiary/aromatic N) is 3. The normalized spacial score (nSPS) is 22.9. The van der Waals surface area contributed by atoms with Crippen molar-refractivity contribution in [1.29, 1.82) is 0 Å². The number of carbonyl (C=O) groups is 2. The van der Waals surface area contributed by atoms with Crippen molar-refractivity contribution >= 4 is 11.8 Å². The molecule has 5 rings (SSSR count). The van der Waals surface area contributed by atoms with Crippen LogP contribution < -0.4 is 11.1 Å². The molecule has 204 valence electrons. The average Bonchev–Trinajstić information content (AvgIpc) is 3.61. The molecule has 7 nitrogen and oxygen atoms in total. The van der Waals surface area contributed by atoms with Crippen molar-refractivity contribution < 1.29 is 9.59 Å². The quantitative estimate of drug-likeness (QED) is 0.447. The summed E-state index contributed by atoms with van der Waals surface area (Å²) in [7, 11) is 0. The minimum absolute atomic E-state index is 0.0462. The Balaban J connectivity index is 1.36. The fraction of sp³-hybridized carbons (Fsp3) is 0.406. The molecule has 0 bridgehead atoms. The van der Waals surface area contributed by atoms with Crippen LogP contribution >= 0.6 is 0 Å². The zero-order valence-corrected chi connectivity index (χ0v) is 22.7. The van der Waals surface area contributed by atoms with E-state index in [1.165, 1.54) is 11.1 Å². The van der Waals surface area contributed by atoms with Gasteiger partial charge in [0.15, 0.2) is 0 Å². The van der Waals surface area contributed by atoms with Gasteiger partial charge < -0.3 is 20.9 Å². The Morgan fingerprint density at radius 2 is 1.67 bits per heavy atom. The molecule has 2 amide bonds. The first-order chi connectivity index (χ1) is 19.0. The Morgan fingerprint density at radius 1 is 0.974 bits per heavy atom. The third kappa shape index (κ3) is 6.72. The Bertz CT molecular complexity index is 1220. The largest absolute Gasteiger partial charge is 0.343 e. The predicted octanol–water partition coefficient (Wildman–Crippen LogP) is 3.33. The molecule has 3 heterocycles. The van der Waals surface area contributed by atoms with Gasteiger partial charge in [0, 0.05) is 50.4 Å². The van der Waals surface area contributed by atoms with Crippen molar-refractivity contribution in [3.8, 4) is 0 Å². The lowest BCUT2D eigenvalue weighted by Gasteiger charge is -2.32. The van der Waals surface area contributed by atoms with Gasteiger partial charge >= 0.3 is 0 Å². The van der Waals surface area contributed by atoms with Crippen LogP contribution in [0.15, 0.2) is 85.2 Å². The maximum atomic E-state index is 14.2. The zero-order valence-electron chi connectivity index (χ0n) is 22.7. The van der Waals surface area contributed by atoms with Gasteiger partial charge in [-0.2, -0.15) is 0 Å². The van der Waals surface area contributed by atoms with Crippen LogP contribution in [-0.2, 0) is 16.0 Å². The van der Waals surface area contributed by atoms with Crippen molar-refractivity contribution in [3.63, 3.8) is 0 Å². The molecule has 2 saturated heterocycles. The van der Waals surface area contributed by atoms with Crippen molar-refractivity contribution in [2.45, 2.75) is 56.1 Å². The van der Waals surface area contributed by atoms with Gasteiger partial charge in [-0.3, -0.25) is 14.6 Å². The molecule has 0 radical (unpaired) electrons. The summed E-state index contributed by atoms with van der Waals surface area (Å²) < 4.78 is 0. The van der Waals surface area contributed by atoms with E-state index in [0.717, 1.165) is 38.0 Å². The molecule has 3 N–H and O–H groups in total. The van der Waals surface area contributed by atoms with Gasteiger partial charge in [0.25, 0.3) is 0 Å². The fourth-order valence-corrected chi connectivity index (χ4v) is 6.08. The van der Waals surface area contributed by atoms with Crippen LogP contribution in [0.3, 0.4) is 0 Å². The maximum Gasteiger partial charge on any atom is 0.245 e. The third-order valence-electron chi connectivity index (χ3n) is 8.17. The number of amides is 2. The Kier molecular flexibility index (Phi) is 8.69. The highest BCUT2D eigenvalue weighted by molar-refractivity contribution is 5.90. The summed E-state index contributed by atoms with van der Waals surface area (Å²) in [5.41, 5.74) is 9.41. The first kappa shape index (κ1) is 27.0. The summed E-state index contributed by atoms with van der Waals surface area (Å²) in [5, 5.41) is 2.94. The number of rotatable bonds is 9. The number of aromatic nitrogens is 1. The monoisotopic (exact) mass is 525 g/mol. The molecule has 0 aliphatic carbocycles. The van der Waals surface area contributed by atoms with Crippen LogP contribution in [0, 0.1) is 0 Å². The summed E-state index contributed by atoms with van der Waals surface area (Å²) >= 11 is 0. The zero-order chi connectivity index (χ0) is 27.2. The number of nitrogens with one attached hydrogen (secondary N) is 1. The molecule has 2 aliphatic rings. The van der Waals surface area contributed by atoms with Crippen LogP contribution in [0.4, 0.5) is 0 Å². The standard InChI is InChI=1S/C32H39N5O2/c1-23(33)31(38)35-30(17-24-9-8-15-34-19-24)32(39)37-21-28(26-12-6-3-7-13-26)18-29(37)22-36-16-14-27(20-36)25-10-4-2-5-11-25/h2-13,15,19,23,27-30H,14,16-18,20-22,33H2,1H3,(H,35,38)/t23?,27-,28+,29+,30+/m1/s1. The molecule has 5 atom stereocenters. The van der Waals surface area contributed by atoms with Crippen LogP contribution in [0.25, 0.3) is 0 Å². The van der Waals surface area contributed by atoms with Crippen molar-refractivity contribution in [3.05, 3.63) is 102 Å². The molecule has 1 unspecified atom stereocenters. The summed E-state index contributed by atoms with van der Waals surface area (Å²) in [6, 6.07) is 23.7. The molecule has 2 aliphatic heterocycles. The van der Waals surface area contributed by atoms with E-state index < -0.39 is 12.1 Å². The SMILES string of the molecule is CC(N)C(=O)N[C@@H](Cc1cccnc1)C(=O)N1C[C@@H](c2ccccc2)C[C@H]1CN1CC[C@@H](c2ccccc2)C1. The van der Waals surface area contributed by atoms with Crippen molar-refractivity contribution in [2.75, 3.05) is 26.2 Å². The van der Waals surface area contributed by atoms with E-state index in [1.807, 2.05) is 23.1 Å². The van der Waals surface area contributed by atoms with Crippen molar-refractivity contribution in [1.82, 2.24) is 20.1 Å². The molecule has 0 spiro atoms. The fourth-order valence-electron chi connectivity index (χ4n) is 6.08. The molecule has 3 aromatic rings. The second-order valence-corrected chi connectivity index (χ2v) is 11.1. The highest BCUT2D eigenvalue weighted by Crippen LogP contribution is 2.35. The Hall–Kier alpha value is -3.55. The highest BCUT2D eigenvalue weighted by Gasteiger charge is 2.40. The van der Waals surface area contributed by atoms with E-state index >= 15 is 0 Å². The van der Waals surface area contributed by atoms with Crippen LogP contribution in [0.1, 0.15) is 48.3 Å². The average molecular weight is 526 g/mol. The van der Waals surface area contributed by atoms with Gasteiger partial charge in [-0.15, -0.1) is 0 Å². The summed E-state index contributed by atoms with van der Waals surface area (Å²) in [6.07, 6.45) is 5.87. The molecule has 39 heavy (non-hydrogen) atoms. The molecule has 7 heteroatoms. The predicted molar refractivity (Wildman–Crippen MR) is 153 cm³/mol. The molecule has 2 aromatic carbocycles. The third-order valence-corrected chi connectivity index (χ3v) is 8.17. The topological polar surface area (TPSA) is 91.6 Å². The van der Waals surface area contributed by atoms with Crippen LogP contribution in [0.2, 0.25) is 0 Å². The maximum absolute atomic E-state index is 14.2. The number of hydrogen-bond donors (Lipinski definition) is 2. The lowest BCUT2D eigenvalue weighted by Crippen LogP contribution is -2.55. The number of benzene rings is 2. The molecular weight excluding hydrogens is 486 g/mol. The van der Waals surface area contributed by atoms with Gasteiger partial charge in [0.2, 0.25) is 11.8 Å². The lowest BCUT2D eigenvalue weighted by molar-refractivity contribution is -0.137. The summed E-state index contributed by atoms with van der Waals surface area (Å²) in [5.74, 6) is 0.411. The van der Waals surface area contributed by atoms with E-state index in [4.69, 9.17) is 5.73 Å². The number of likely N-dealkylation sites (tertiary alicyclic amines) is 2. The van der Waals surface area contributed by atoms with Gasteiger partial charge in [0.05, 0.1) is 6.04 Å². The molecule has 1 aromatic heterocycles. The van der Waals surface area contributed by atoms with E-state index in [-0.39, 0.29) is 23.8 Å². The van der Waals surface area contributed by atoms with Gasteiger partial charge in [-0.25, -0.2) is 0 Å². The van der Waals surface area contributed by atoms with E-state index in [9.17, 15) is 9.59 Å². The number of carbonyl (C=O) groups excluding carboxylic acids is 2. The number of hydrogen-bond acceptors (Lipinski definition) is 5. The smallest absolute Gasteiger partial charge is 0.245 e. The first-order valence-electron chi connectivity index (χ1n) is 14.1. The van der Waals surface area contributed by atoms with Crippen molar-refractivity contribution in [2.24, 2.45) is 5.73 Å². The van der Waals surface area contributed by atoms with Gasteiger partial charge in [-0.1, -0.05) is 66.7 Å². The summed E-state index contributed by atoms with van der Waals surface area (Å²) in [4.78, 5) is 35.6. The molecular formula is C32H39N5O2. The van der Waals surface area contributed by atoms with Crippen LogP contribution in [0.5, 0.6) is 0 Å². The van der Waals surface area contributed by atoms with E-state index in [0.29, 0.717) is 18.9 Å². The lowest BCUT2D eigenvalue weighted by atomic mass is 9.96. The van der Waals surface area contributed by atoms with Crippen LogP contribution in [-0.4, -0.2) is 70.9 Å². The minimum atomic E-state index is -0.694. The number of nitrogens with two attached hydrogens (primary N) is 1. The highest BCUT2D eigenvalue weighted by atomic mass is 16.2. The first-order valence-corrected chi connectivity index (χ1v) is 14.1. The number of pyridine rings is 1. The minimum Gasteiger partial charge on any atom is -0.343 e. The second-order valence-electron chi connectivity index (χ2n) is 11.1. The Labute approximate surface area is 231 Å². The molecule has 2 fully saturated rings. The molecule has 0 saturated carbocycles. The summed E-state index contributed by atoms with van der Waals surface area (Å²) in [6.45, 7) is 5.13. The second kappa shape index (κ2) is 12.5.